The van der Waals surface area contributed by atoms with Crippen molar-refractivity contribution in [2.24, 2.45) is 0 Å². The lowest BCUT2D eigenvalue weighted by Crippen LogP contribution is -2.54. The molecule has 0 bridgehead atoms. The van der Waals surface area contributed by atoms with Crippen molar-refractivity contribution in [3.05, 3.63) is 101 Å². The van der Waals surface area contributed by atoms with Gasteiger partial charge in [0.2, 0.25) is 21.8 Å². The second-order valence-electron chi connectivity index (χ2n) is 9.59. The van der Waals surface area contributed by atoms with Crippen LogP contribution in [0.3, 0.4) is 0 Å². The van der Waals surface area contributed by atoms with Gasteiger partial charge < -0.3 is 10.2 Å². The smallest absolute Gasteiger partial charge is 0.244 e. The second-order valence-corrected chi connectivity index (χ2v) is 11.9. The Morgan fingerprint density at radius 1 is 0.921 bits per heavy atom. The van der Waals surface area contributed by atoms with E-state index in [1.807, 2.05) is 51.1 Å². The number of hydrogen-bond acceptors (Lipinski definition) is 4. The van der Waals surface area contributed by atoms with Crippen molar-refractivity contribution in [2.45, 2.75) is 45.8 Å². The Hall–Kier alpha value is -3.36. The highest BCUT2D eigenvalue weighted by molar-refractivity contribution is 7.92. The van der Waals surface area contributed by atoms with Crippen LogP contribution < -0.4 is 9.62 Å². The number of benzene rings is 3. The van der Waals surface area contributed by atoms with Crippen molar-refractivity contribution >= 4 is 39.1 Å². The van der Waals surface area contributed by atoms with Gasteiger partial charge in [-0.1, -0.05) is 77.8 Å². The first-order valence-corrected chi connectivity index (χ1v) is 14.6. The molecule has 0 aliphatic rings. The number of carbonyl (C=O) groups is 2. The standard InChI is InChI=1S/C29H34ClN3O4S/c1-21(2)31-29(35)27(18-23-10-6-5-7-11-23)32(19-24-12-8-9-13-26(24)30)28(34)20-33(38(4,36)37)25-16-14-22(3)15-17-25/h5-17,21,27H,18-20H2,1-4H3,(H,31,35)/t27-/m0/s1. The van der Waals surface area contributed by atoms with E-state index in [4.69, 9.17) is 11.6 Å². The molecule has 7 nitrogen and oxygen atoms in total. The van der Waals surface area contributed by atoms with E-state index in [-0.39, 0.29) is 24.9 Å². The maximum atomic E-state index is 14.0. The summed E-state index contributed by atoms with van der Waals surface area (Å²) in [5.41, 5.74) is 2.85. The molecule has 0 spiro atoms. The van der Waals surface area contributed by atoms with Crippen molar-refractivity contribution in [2.75, 3.05) is 17.1 Å². The van der Waals surface area contributed by atoms with Gasteiger partial charge in [0, 0.05) is 24.0 Å². The zero-order chi connectivity index (χ0) is 27.9. The van der Waals surface area contributed by atoms with Crippen LogP contribution in [0, 0.1) is 6.92 Å². The van der Waals surface area contributed by atoms with Gasteiger partial charge in [-0.25, -0.2) is 8.42 Å². The van der Waals surface area contributed by atoms with Gasteiger partial charge >= 0.3 is 0 Å². The van der Waals surface area contributed by atoms with Crippen LogP contribution in [-0.2, 0) is 32.6 Å². The van der Waals surface area contributed by atoms with E-state index in [9.17, 15) is 18.0 Å². The van der Waals surface area contributed by atoms with Gasteiger partial charge in [-0.2, -0.15) is 0 Å². The molecule has 0 radical (unpaired) electrons. The summed E-state index contributed by atoms with van der Waals surface area (Å²) in [5.74, 6) is -0.846. The van der Waals surface area contributed by atoms with Crippen LogP contribution in [0.1, 0.15) is 30.5 Å². The SMILES string of the molecule is Cc1ccc(N(CC(=O)N(Cc2ccccc2Cl)[C@@H](Cc2ccccc2)C(=O)NC(C)C)S(C)(=O)=O)cc1. The minimum absolute atomic E-state index is 0.0347. The van der Waals surface area contributed by atoms with E-state index in [2.05, 4.69) is 5.32 Å². The third kappa shape index (κ3) is 8.07. The van der Waals surface area contributed by atoms with Crippen molar-refractivity contribution in [1.82, 2.24) is 10.2 Å². The molecule has 0 saturated heterocycles. The number of rotatable bonds is 11. The summed E-state index contributed by atoms with van der Waals surface area (Å²) >= 11 is 6.45. The molecule has 0 aromatic heterocycles. The Bertz CT molecular complexity index is 1350. The van der Waals surface area contributed by atoms with Crippen LogP contribution in [0.2, 0.25) is 5.02 Å². The summed E-state index contributed by atoms with van der Waals surface area (Å²) in [4.78, 5) is 28.9. The summed E-state index contributed by atoms with van der Waals surface area (Å²) in [6.07, 6.45) is 1.31. The first-order chi connectivity index (χ1) is 18.0. The maximum absolute atomic E-state index is 14.0. The number of hydrogen-bond donors (Lipinski definition) is 1. The molecule has 3 rings (SSSR count). The van der Waals surface area contributed by atoms with Crippen LogP contribution in [0.15, 0.2) is 78.9 Å². The Labute approximate surface area is 230 Å². The van der Waals surface area contributed by atoms with Crippen LogP contribution in [-0.4, -0.2) is 50.0 Å². The number of nitrogens with zero attached hydrogens (tertiary/aromatic N) is 2. The van der Waals surface area contributed by atoms with Gasteiger partial charge in [0.1, 0.15) is 12.6 Å². The lowest BCUT2D eigenvalue weighted by Gasteiger charge is -2.34. The number of anilines is 1. The molecule has 0 aliphatic carbocycles. The fourth-order valence-corrected chi connectivity index (χ4v) is 5.11. The van der Waals surface area contributed by atoms with E-state index >= 15 is 0 Å². The Kier molecular flexibility index (Phi) is 9.94. The highest BCUT2D eigenvalue weighted by atomic mass is 35.5. The van der Waals surface area contributed by atoms with Crippen LogP contribution in [0.5, 0.6) is 0 Å². The highest BCUT2D eigenvalue weighted by Gasteiger charge is 2.33. The van der Waals surface area contributed by atoms with E-state index < -0.39 is 28.5 Å². The molecule has 2 amide bonds. The topological polar surface area (TPSA) is 86.8 Å². The number of amides is 2. The minimum atomic E-state index is -3.81. The van der Waals surface area contributed by atoms with Gasteiger partial charge in [0.25, 0.3) is 0 Å². The monoisotopic (exact) mass is 555 g/mol. The number of halogens is 1. The summed E-state index contributed by atoms with van der Waals surface area (Å²) in [5, 5.41) is 3.37. The number of carbonyl (C=O) groups excluding carboxylic acids is 2. The zero-order valence-corrected chi connectivity index (χ0v) is 23.7. The van der Waals surface area contributed by atoms with Crippen molar-refractivity contribution in [3.63, 3.8) is 0 Å². The second kappa shape index (κ2) is 12.9. The molecule has 0 saturated carbocycles. The molecule has 9 heteroatoms. The van der Waals surface area contributed by atoms with Gasteiger partial charge in [-0.05, 0) is 50.1 Å². The minimum Gasteiger partial charge on any atom is -0.352 e. The predicted octanol–water partition coefficient (Wildman–Crippen LogP) is 4.58. The first kappa shape index (κ1) is 29.2. The summed E-state index contributed by atoms with van der Waals surface area (Å²) in [6, 6.07) is 22.3. The average molecular weight is 556 g/mol. The molecular formula is C29H34ClN3O4S. The van der Waals surface area contributed by atoms with Crippen LogP contribution in [0.4, 0.5) is 5.69 Å². The molecule has 0 fully saturated rings. The fraction of sp³-hybridized carbons (Fsp3) is 0.310. The lowest BCUT2D eigenvalue weighted by atomic mass is 10.0. The van der Waals surface area contributed by atoms with E-state index in [0.29, 0.717) is 16.3 Å². The van der Waals surface area contributed by atoms with Crippen molar-refractivity contribution in [1.29, 1.82) is 0 Å². The third-order valence-corrected chi connectivity index (χ3v) is 7.51. The molecule has 0 heterocycles. The highest BCUT2D eigenvalue weighted by Crippen LogP contribution is 2.23. The molecule has 0 aliphatic heterocycles. The van der Waals surface area contributed by atoms with Crippen molar-refractivity contribution in [3.8, 4) is 0 Å². The summed E-state index contributed by atoms with van der Waals surface area (Å²) in [7, 11) is -3.81. The molecule has 0 unspecified atom stereocenters. The molecule has 3 aromatic carbocycles. The van der Waals surface area contributed by atoms with E-state index in [1.165, 1.54) is 4.90 Å². The van der Waals surface area contributed by atoms with Gasteiger partial charge in [0.05, 0.1) is 11.9 Å². The van der Waals surface area contributed by atoms with E-state index in [1.54, 1.807) is 48.5 Å². The molecular weight excluding hydrogens is 522 g/mol. The van der Waals surface area contributed by atoms with Crippen LogP contribution >= 0.6 is 11.6 Å². The van der Waals surface area contributed by atoms with E-state index in [0.717, 1.165) is 21.7 Å². The molecule has 1 N–H and O–H groups in total. The summed E-state index contributed by atoms with van der Waals surface area (Å²) < 4.78 is 26.6. The first-order valence-electron chi connectivity index (χ1n) is 12.4. The largest absolute Gasteiger partial charge is 0.352 e. The summed E-state index contributed by atoms with van der Waals surface area (Å²) in [6.45, 7) is 5.16. The lowest BCUT2D eigenvalue weighted by molar-refractivity contribution is -0.140. The van der Waals surface area contributed by atoms with Gasteiger partial charge in [0.15, 0.2) is 0 Å². The third-order valence-electron chi connectivity index (χ3n) is 6.00. The molecule has 3 aromatic rings. The predicted molar refractivity (Wildman–Crippen MR) is 153 cm³/mol. The molecule has 1 atom stereocenters. The Balaban J connectivity index is 2.06. The van der Waals surface area contributed by atoms with Crippen molar-refractivity contribution < 1.29 is 18.0 Å². The Morgan fingerprint density at radius 3 is 2.11 bits per heavy atom. The molecule has 38 heavy (non-hydrogen) atoms. The average Bonchev–Trinajstić information content (AvgIpc) is 2.85. The fourth-order valence-electron chi connectivity index (χ4n) is 4.07. The Morgan fingerprint density at radius 2 is 1.53 bits per heavy atom. The number of aryl methyl sites for hydroxylation is 1. The quantitative estimate of drug-likeness (QED) is 0.375. The van der Waals surface area contributed by atoms with Gasteiger partial charge in [-0.15, -0.1) is 0 Å². The number of nitrogens with one attached hydrogen (secondary N) is 1. The van der Waals surface area contributed by atoms with Gasteiger partial charge in [-0.3, -0.25) is 13.9 Å². The zero-order valence-electron chi connectivity index (χ0n) is 22.1. The normalized spacial score (nSPS) is 12.2. The van der Waals surface area contributed by atoms with Crippen LogP contribution in [0.25, 0.3) is 0 Å². The number of sulfonamides is 1. The maximum Gasteiger partial charge on any atom is 0.244 e. The molecule has 202 valence electrons.